The molecule has 1 amide bonds. The standard InChI is InChI=1S/C21H31ClN4O3.HI/c1-3-23-21(24-15-17-4-5-18(22)14-19(17)28-2)26-8-6-16(7-9-26)20(27)25-10-12-29-13-11-25;/h4-5,14,16H,3,6-13,15H2,1-2H3,(H,23,24);1H. The van der Waals surface area contributed by atoms with Crippen molar-refractivity contribution in [2.45, 2.75) is 26.3 Å². The summed E-state index contributed by atoms with van der Waals surface area (Å²) in [5.41, 5.74) is 0.990. The zero-order valence-electron chi connectivity index (χ0n) is 17.7. The third kappa shape index (κ3) is 6.62. The molecule has 9 heteroatoms. The Labute approximate surface area is 201 Å². The van der Waals surface area contributed by atoms with Crippen molar-refractivity contribution in [3.8, 4) is 5.75 Å². The van der Waals surface area contributed by atoms with Gasteiger partial charge in [-0.25, -0.2) is 4.99 Å². The number of morpholine rings is 1. The molecular formula is C21H32ClIN4O3. The molecule has 2 aliphatic heterocycles. The zero-order chi connectivity index (χ0) is 20.6. The fraction of sp³-hybridized carbons (Fsp3) is 0.619. The number of aliphatic imine (C=N–C) groups is 1. The van der Waals surface area contributed by atoms with Crippen molar-refractivity contribution in [3.63, 3.8) is 0 Å². The van der Waals surface area contributed by atoms with Crippen molar-refractivity contribution in [2.75, 3.05) is 53.0 Å². The Bertz CT molecular complexity index is 720. The molecule has 2 saturated heterocycles. The Hall–Kier alpha value is -1.26. The van der Waals surface area contributed by atoms with E-state index in [0.29, 0.717) is 37.9 Å². The number of hydrogen-bond donors (Lipinski definition) is 1. The summed E-state index contributed by atoms with van der Waals surface area (Å²) >= 11 is 6.05. The van der Waals surface area contributed by atoms with Crippen LogP contribution in [0.25, 0.3) is 0 Å². The van der Waals surface area contributed by atoms with Crippen LogP contribution < -0.4 is 10.1 Å². The summed E-state index contributed by atoms with van der Waals surface area (Å²) in [6.45, 7) is 7.74. The fourth-order valence-corrected chi connectivity index (χ4v) is 3.98. The number of piperidine rings is 1. The number of nitrogens with one attached hydrogen (secondary N) is 1. The van der Waals surface area contributed by atoms with E-state index in [1.54, 1.807) is 7.11 Å². The molecular weight excluding hydrogens is 519 g/mol. The highest BCUT2D eigenvalue weighted by Gasteiger charge is 2.30. The first-order valence-electron chi connectivity index (χ1n) is 10.3. The lowest BCUT2D eigenvalue weighted by molar-refractivity contribution is -0.140. The van der Waals surface area contributed by atoms with Gasteiger partial charge in [0.2, 0.25) is 5.91 Å². The number of hydrogen-bond acceptors (Lipinski definition) is 4. The molecule has 0 aliphatic carbocycles. The molecule has 0 bridgehead atoms. The van der Waals surface area contributed by atoms with E-state index in [2.05, 4.69) is 17.1 Å². The molecule has 1 aromatic carbocycles. The van der Waals surface area contributed by atoms with Gasteiger partial charge in [0, 0.05) is 49.2 Å². The van der Waals surface area contributed by atoms with Crippen LogP contribution in [0.3, 0.4) is 0 Å². The second kappa shape index (κ2) is 12.6. The van der Waals surface area contributed by atoms with Crippen LogP contribution in [0.15, 0.2) is 23.2 Å². The highest BCUT2D eigenvalue weighted by Crippen LogP contribution is 2.24. The van der Waals surface area contributed by atoms with Crippen LogP contribution in [0.2, 0.25) is 5.02 Å². The van der Waals surface area contributed by atoms with Crippen LogP contribution in [-0.2, 0) is 16.1 Å². The number of nitrogens with zero attached hydrogens (tertiary/aromatic N) is 3. The van der Waals surface area contributed by atoms with Gasteiger partial charge in [-0.1, -0.05) is 17.7 Å². The Kier molecular flexibility index (Phi) is 10.5. The van der Waals surface area contributed by atoms with Crippen molar-refractivity contribution >= 4 is 47.4 Å². The number of methoxy groups -OCH3 is 1. The lowest BCUT2D eigenvalue weighted by Crippen LogP contribution is -2.50. The van der Waals surface area contributed by atoms with Crippen molar-refractivity contribution in [2.24, 2.45) is 10.9 Å². The number of carbonyl (C=O) groups is 1. The predicted molar refractivity (Wildman–Crippen MR) is 130 cm³/mol. The second-order valence-corrected chi connectivity index (χ2v) is 7.76. The van der Waals surface area contributed by atoms with Crippen molar-refractivity contribution < 1.29 is 14.3 Å². The van der Waals surface area contributed by atoms with E-state index in [-0.39, 0.29) is 35.8 Å². The molecule has 0 spiro atoms. The third-order valence-electron chi connectivity index (χ3n) is 5.45. The first-order valence-corrected chi connectivity index (χ1v) is 10.7. The molecule has 2 aliphatic rings. The van der Waals surface area contributed by atoms with Gasteiger partial charge < -0.3 is 24.6 Å². The van der Waals surface area contributed by atoms with E-state index in [0.717, 1.165) is 49.7 Å². The quantitative estimate of drug-likeness (QED) is 0.347. The Balaban J connectivity index is 0.00000320. The van der Waals surface area contributed by atoms with Gasteiger partial charge in [-0.15, -0.1) is 24.0 Å². The molecule has 168 valence electrons. The minimum Gasteiger partial charge on any atom is -0.496 e. The minimum atomic E-state index is 0. The summed E-state index contributed by atoms with van der Waals surface area (Å²) in [5.74, 6) is 2.00. The van der Waals surface area contributed by atoms with E-state index in [1.165, 1.54) is 0 Å². The number of amides is 1. The summed E-state index contributed by atoms with van der Waals surface area (Å²) in [6.07, 6.45) is 1.70. The van der Waals surface area contributed by atoms with Crippen LogP contribution >= 0.6 is 35.6 Å². The van der Waals surface area contributed by atoms with Crippen LogP contribution in [0.1, 0.15) is 25.3 Å². The summed E-state index contributed by atoms with van der Waals surface area (Å²) in [7, 11) is 1.64. The molecule has 30 heavy (non-hydrogen) atoms. The number of guanidine groups is 1. The predicted octanol–water partition coefficient (Wildman–Crippen LogP) is 3.00. The number of rotatable bonds is 5. The fourth-order valence-electron chi connectivity index (χ4n) is 3.82. The van der Waals surface area contributed by atoms with Crippen molar-refractivity contribution in [3.05, 3.63) is 28.8 Å². The van der Waals surface area contributed by atoms with Gasteiger partial charge in [-0.2, -0.15) is 0 Å². The maximum Gasteiger partial charge on any atom is 0.225 e. The number of likely N-dealkylation sites (tertiary alicyclic amines) is 1. The van der Waals surface area contributed by atoms with Crippen molar-refractivity contribution in [1.82, 2.24) is 15.1 Å². The molecule has 0 unspecified atom stereocenters. The van der Waals surface area contributed by atoms with Crippen LogP contribution in [0.4, 0.5) is 0 Å². The van der Waals surface area contributed by atoms with Gasteiger partial charge >= 0.3 is 0 Å². The summed E-state index contributed by atoms with van der Waals surface area (Å²) in [5, 5.41) is 4.02. The Morgan fingerprint density at radius 2 is 1.93 bits per heavy atom. The summed E-state index contributed by atoms with van der Waals surface area (Å²) < 4.78 is 10.8. The van der Waals surface area contributed by atoms with Gasteiger partial charge in [-0.05, 0) is 31.9 Å². The van der Waals surface area contributed by atoms with Gasteiger partial charge in [0.05, 0.1) is 26.9 Å². The first kappa shape index (κ1) is 25.0. The van der Waals surface area contributed by atoms with Crippen LogP contribution in [0, 0.1) is 5.92 Å². The maximum atomic E-state index is 12.7. The third-order valence-corrected chi connectivity index (χ3v) is 5.68. The smallest absolute Gasteiger partial charge is 0.225 e. The molecule has 0 saturated carbocycles. The molecule has 7 nitrogen and oxygen atoms in total. The molecule has 0 radical (unpaired) electrons. The number of benzene rings is 1. The minimum absolute atomic E-state index is 0. The lowest BCUT2D eigenvalue weighted by atomic mass is 9.95. The average Bonchev–Trinajstić information content (AvgIpc) is 2.77. The van der Waals surface area contributed by atoms with Crippen LogP contribution in [0.5, 0.6) is 5.75 Å². The van der Waals surface area contributed by atoms with E-state index >= 15 is 0 Å². The molecule has 0 aromatic heterocycles. The molecule has 2 heterocycles. The maximum absolute atomic E-state index is 12.7. The topological polar surface area (TPSA) is 66.4 Å². The van der Waals surface area contributed by atoms with Gasteiger partial charge in [0.15, 0.2) is 5.96 Å². The highest BCUT2D eigenvalue weighted by atomic mass is 127. The molecule has 2 fully saturated rings. The molecule has 0 atom stereocenters. The number of ether oxygens (including phenoxy) is 2. The van der Waals surface area contributed by atoms with Crippen molar-refractivity contribution in [1.29, 1.82) is 0 Å². The largest absolute Gasteiger partial charge is 0.496 e. The van der Waals surface area contributed by atoms with E-state index in [1.807, 2.05) is 23.1 Å². The second-order valence-electron chi connectivity index (χ2n) is 7.33. The number of halogens is 2. The molecule has 1 N–H and O–H groups in total. The zero-order valence-corrected chi connectivity index (χ0v) is 20.8. The summed E-state index contributed by atoms with van der Waals surface area (Å²) in [4.78, 5) is 21.7. The highest BCUT2D eigenvalue weighted by molar-refractivity contribution is 14.0. The number of carbonyl (C=O) groups excluding carboxylic acids is 1. The van der Waals surface area contributed by atoms with E-state index in [4.69, 9.17) is 26.1 Å². The van der Waals surface area contributed by atoms with Crippen LogP contribution in [-0.4, -0.2) is 74.7 Å². The molecule has 1 aromatic rings. The van der Waals surface area contributed by atoms with Gasteiger partial charge in [0.1, 0.15) is 5.75 Å². The SMILES string of the molecule is CCNC(=NCc1ccc(Cl)cc1OC)N1CCC(C(=O)N2CCOCC2)CC1.I. The molecule has 3 rings (SSSR count). The van der Waals surface area contributed by atoms with Gasteiger partial charge in [-0.3, -0.25) is 4.79 Å². The summed E-state index contributed by atoms with van der Waals surface area (Å²) in [6, 6.07) is 5.61. The van der Waals surface area contributed by atoms with E-state index < -0.39 is 0 Å². The average molecular weight is 551 g/mol. The Morgan fingerprint density at radius 1 is 1.23 bits per heavy atom. The normalized spacial score (nSPS) is 18.0. The monoisotopic (exact) mass is 550 g/mol. The Morgan fingerprint density at radius 3 is 2.57 bits per heavy atom. The van der Waals surface area contributed by atoms with Gasteiger partial charge in [0.25, 0.3) is 0 Å². The lowest BCUT2D eigenvalue weighted by Gasteiger charge is -2.36. The first-order chi connectivity index (χ1) is 14.1. The van der Waals surface area contributed by atoms with E-state index in [9.17, 15) is 4.79 Å².